The van der Waals surface area contributed by atoms with Crippen molar-refractivity contribution in [3.8, 4) is 0 Å². The molecule has 1 aromatic heterocycles. The second kappa shape index (κ2) is 3.50. The van der Waals surface area contributed by atoms with Crippen molar-refractivity contribution < 1.29 is 4.79 Å². The zero-order valence-electron chi connectivity index (χ0n) is 8.29. The number of hydrogen-bond acceptors (Lipinski definition) is 3. The number of carbonyl (C=O) groups excluding carboxylic acids is 1. The lowest BCUT2D eigenvalue weighted by molar-refractivity contribution is 0.0948. The van der Waals surface area contributed by atoms with E-state index in [4.69, 9.17) is 5.73 Å². The zero-order chi connectivity index (χ0) is 10.1. The van der Waals surface area contributed by atoms with Crippen LogP contribution in [0.3, 0.4) is 0 Å². The van der Waals surface area contributed by atoms with Gasteiger partial charge in [0, 0.05) is 18.2 Å². The van der Waals surface area contributed by atoms with Crippen molar-refractivity contribution in [3.63, 3.8) is 0 Å². The van der Waals surface area contributed by atoms with Crippen molar-refractivity contribution in [1.82, 2.24) is 4.98 Å². The number of carbonyl (C=O) groups is 1. The van der Waals surface area contributed by atoms with E-state index in [9.17, 15) is 4.79 Å². The lowest BCUT2D eigenvalue weighted by Gasteiger charge is -2.22. The second-order valence-corrected chi connectivity index (χ2v) is 3.88. The number of nitrogens with zero attached hydrogens (tertiary/aromatic N) is 1. The molecule has 0 fully saturated rings. The van der Waals surface area contributed by atoms with E-state index in [1.807, 2.05) is 13.0 Å². The summed E-state index contributed by atoms with van der Waals surface area (Å²) in [6, 6.07) is 1.89. The molecule has 2 N–H and O–H groups in total. The third-order valence-electron chi connectivity index (χ3n) is 2.81. The molecule has 1 aliphatic carbocycles. The molecule has 0 bridgehead atoms. The molecule has 0 saturated heterocycles. The van der Waals surface area contributed by atoms with Gasteiger partial charge in [-0.15, -0.1) is 0 Å². The Kier molecular flexibility index (Phi) is 2.33. The maximum atomic E-state index is 11.8. The predicted octanol–water partition coefficient (Wildman–Crippen LogP) is 1.09. The SMILES string of the molecule is Cc1ccnc2c1C(=O)CC(CN)C2. The topological polar surface area (TPSA) is 56.0 Å². The number of rotatable bonds is 1. The molecule has 1 heterocycles. The summed E-state index contributed by atoms with van der Waals surface area (Å²) in [5.74, 6) is 0.483. The van der Waals surface area contributed by atoms with Crippen LogP contribution < -0.4 is 5.73 Å². The second-order valence-electron chi connectivity index (χ2n) is 3.88. The Hall–Kier alpha value is -1.22. The van der Waals surface area contributed by atoms with Crippen LogP contribution in [0, 0.1) is 12.8 Å². The first kappa shape index (κ1) is 9.34. The van der Waals surface area contributed by atoms with Gasteiger partial charge in [0.15, 0.2) is 5.78 Å². The molecule has 3 heteroatoms. The maximum absolute atomic E-state index is 11.8. The van der Waals surface area contributed by atoms with Crippen LogP contribution in [0.4, 0.5) is 0 Å². The van der Waals surface area contributed by atoms with Gasteiger partial charge < -0.3 is 5.73 Å². The number of Topliss-reactive ketones (excluding diaryl/α,β-unsaturated/α-hetero) is 1. The summed E-state index contributed by atoms with van der Waals surface area (Å²) in [5.41, 5.74) is 8.38. The van der Waals surface area contributed by atoms with Gasteiger partial charge in [0.2, 0.25) is 0 Å². The fraction of sp³-hybridized carbons (Fsp3) is 0.455. The summed E-state index contributed by atoms with van der Waals surface area (Å²) in [6.45, 7) is 2.53. The van der Waals surface area contributed by atoms with Crippen LogP contribution in [0.5, 0.6) is 0 Å². The normalized spacial score (nSPS) is 20.7. The van der Waals surface area contributed by atoms with E-state index in [2.05, 4.69) is 4.98 Å². The minimum absolute atomic E-state index is 0.201. The first-order valence-electron chi connectivity index (χ1n) is 4.90. The molecule has 0 aromatic carbocycles. The number of ketones is 1. The number of nitrogens with two attached hydrogens (primary N) is 1. The first-order chi connectivity index (χ1) is 6.72. The summed E-state index contributed by atoms with van der Waals surface area (Å²) in [6.07, 6.45) is 3.19. The number of aryl methyl sites for hydroxylation is 1. The van der Waals surface area contributed by atoms with Crippen molar-refractivity contribution >= 4 is 5.78 Å². The molecule has 0 radical (unpaired) electrons. The molecule has 1 aromatic rings. The maximum Gasteiger partial charge on any atom is 0.165 e. The quantitative estimate of drug-likeness (QED) is 0.721. The third kappa shape index (κ3) is 1.44. The molecule has 14 heavy (non-hydrogen) atoms. The van der Waals surface area contributed by atoms with E-state index in [1.165, 1.54) is 0 Å². The summed E-state index contributed by atoms with van der Waals surface area (Å²) < 4.78 is 0. The minimum atomic E-state index is 0.201. The molecule has 0 aliphatic heterocycles. The Morgan fingerprint density at radius 3 is 3.07 bits per heavy atom. The highest BCUT2D eigenvalue weighted by atomic mass is 16.1. The highest BCUT2D eigenvalue weighted by molar-refractivity contribution is 5.99. The number of fused-ring (bicyclic) bond motifs is 1. The van der Waals surface area contributed by atoms with Crippen molar-refractivity contribution in [2.24, 2.45) is 11.7 Å². The van der Waals surface area contributed by atoms with Crippen LogP contribution in [0.1, 0.15) is 28.0 Å². The lowest BCUT2D eigenvalue weighted by atomic mass is 9.84. The summed E-state index contributed by atoms with van der Waals surface area (Å²) in [5, 5.41) is 0. The Balaban J connectivity index is 2.45. The standard InChI is InChI=1S/C11H14N2O/c1-7-2-3-13-9-4-8(6-12)5-10(14)11(7)9/h2-3,8H,4-6,12H2,1H3. The van der Waals surface area contributed by atoms with Gasteiger partial charge in [-0.1, -0.05) is 0 Å². The van der Waals surface area contributed by atoms with Gasteiger partial charge in [0.05, 0.1) is 5.69 Å². The van der Waals surface area contributed by atoms with E-state index in [0.29, 0.717) is 13.0 Å². The molecular formula is C11H14N2O. The van der Waals surface area contributed by atoms with E-state index >= 15 is 0 Å². The molecule has 1 aliphatic rings. The van der Waals surface area contributed by atoms with Crippen LogP contribution in [-0.4, -0.2) is 17.3 Å². The summed E-state index contributed by atoms with van der Waals surface area (Å²) in [7, 11) is 0. The molecule has 1 atom stereocenters. The molecule has 0 spiro atoms. The van der Waals surface area contributed by atoms with Crippen LogP contribution in [0.25, 0.3) is 0 Å². The largest absolute Gasteiger partial charge is 0.330 e. The van der Waals surface area contributed by atoms with Gasteiger partial charge in [0.25, 0.3) is 0 Å². The number of pyridine rings is 1. The fourth-order valence-corrected chi connectivity index (χ4v) is 2.03. The van der Waals surface area contributed by atoms with Crippen LogP contribution in [0.2, 0.25) is 0 Å². The molecule has 1 unspecified atom stereocenters. The van der Waals surface area contributed by atoms with E-state index in [1.54, 1.807) is 6.20 Å². The van der Waals surface area contributed by atoms with Crippen molar-refractivity contribution in [2.75, 3.05) is 6.54 Å². The van der Waals surface area contributed by atoms with Crippen LogP contribution >= 0.6 is 0 Å². The molecular weight excluding hydrogens is 176 g/mol. The monoisotopic (exact) mass is 190 g/mol. The minimum Gasteiger partial charge on any atom is -0.330 e. The molecule has 3 nitrogen and oxygen atoms in total. The summed E-state index contributed by atoms with van der Waals surface area (Å²) >= 11 is 0. The average Bonchev–Trinajstić information content (AvgIpc) is 2.17. The van der Waals surface area contributed by atoms with E-state index in [0.717, 1.165) is 23.2 Å². The van der Waals surface area contributed by atoms with E-state index < -0.39 is 0 Å². The van der Waals surface area contributed by atoms with Gasteiger partial charge >= 0.3 is 0 Å². The lowest BCUT2D eigenvalue weighted by Crippen LogP contribution is -2.27. The Labute approximate surface area is 83.3 Å². The highest BCUT2D eigenvalue weighted by Gasteiger charge is 2.26. The van der Waals surface area contributed by atoms with Crippen LogP contribution in [0.15, 0.2) is 12.3 Å². The third-order valence-corrected chi connectivity index (χ3v) is 2.81. The first-order valence-corrected chi connectivity index (χ1v) is 4.90. The Morgan fingerprint density at radius 2 is 2.36 bits per heavy atom. The van der Waals surface area contributed by atoms with Crippen molar-refractivity contribution in [1.29, 1.82) is 0 Å². The van der Waals surface area contributed by atoms with Gasteiger partial charge in [0.1, 0.15) is 0 Å². The molecule has 0 saturated carbocycles. The molecule has 74 valence electrons. The Morgan fingerprint density at radius 1 is 1.57 bits per heavy atom. The predicted molar refractivity (Wildman–Crippen MR) is 54.2 cm³/mol. The Bertz CT molecular complexity index is 374. The zero-order valence-corrected chi connectivity index (χ0v) is 8.29. The number of aromatic nitrogens is 1. The molecule has 0 amide bonds. The smallest absolute Gasteiger partial charge is 0.165 e. The van der Waals surface area contributed by atoms with Gasteiger partial charge in [-0.05, 0) is 37.4 Å². The fourth-order valence-electron chi connectivity index (χ4n) is 2.03. The molecule has 2 rings (SSSR count). The van der Waals surface area contributed by atoms with Gasteiger partial charge in [-0.3, -0.25) is 9.78 Å². The average molecular weight is 190 g/mol. The number of hydrogen-bond donors (Lipinski definition) is 1. The van der Waals surface area contributed by atoms with Gasteiger partial charge in [-0.2, -0.15) is 0 Å². The van der Waals surface area contributed by atoms with Crippen molar-refractivity contribution in [3.05, 3.63) is 29.1 Å². The van der Waals surface area contributed by atoms with E-state index in [-0.39, 0.29) is 11.7 Å². The van der Waals surface area contributed by atoms with Crippen molar-refractivity contribution in [2.45, 2.75) is 19.8 Å². The highest BCUT2D eigenvalue weighted by Crippen LogP contribution is 2.25. The van der Waals surface area contributed by atoms with Crippen LogP contribution in [-0.2, 0) is 6.42 Å². The summed E-state index contributed by atoms with van der Waals surface area (Å²) in [4.78, 5) is 16.0. The van der Waals surface area contributed by atoms with Gasteiger partial charge in [-0.25, -0.2) is 0 Å².